The van der Waals surface area contributed by atoms with Crippen LogP contribution in [0, 0.1) is 13.8 Å². The van der Waals surface area contributed by atoms with Crippen LogP contribution in [0.3, 0.4) is 0 Å². The van der Waals surface area contributed by atoms with Gasteiger partial charge in [0.2, 0.25) is 5.78 Å². The Morgan fingerprint density at radius 2 is 2.09 bits per heavy atom. The maximum Gasteiger partial charge on any atom is 0.202 e. The van der Waals surface area contributed by atoms with E-state index in [-0.39, 0.29) is 19.0 Å². The van der Waals surface area contributed by atoms with E-state index >= 15 is 0 Å². The fourth-order valence-electron chi connectivity index (χ4n) is 2.49. The molecule has 0 radical (unpaired) electrons. The second-order valence-electron chi connectivity index (χ2n) is 5.16. The number of aryl methyl sites for hydroxylation is 1. The van der Waals surface area contributed by atoms with Crippen LogP contribution in [0.25, 0.3) is 0 Å². The first-order valence-electron chi connectivity index (χ1n) is 7.20. The summed E-state index contributed by atoms with van der Waals surface area (Å²) in [5.74, 6) is 0.467. The molecule has 1 aromatic carbocycles. The van der Waals surface area contributed by atoms with Gasteiger partial charge in [0.05, 0.1) is 6.61 Å². The highest BCUT2D eigenvalue weighted by molar-refractivity contribution is 5.98. The number of para-hydroxylation sites is 1. The van der Waals surface area contributed by atoms with Crippen molar-refractivity contribution < 1.29 is 14.6 Å². The standard InChI is InChI=1S/C18H21NO3/c1-4-9-19-13(2)10-16(14(19)3)17(21)12-22-18-8-6-5-7-15(18)11-20/h4-8,10,20H,1,9,11-12H2,2-3H3. The average Bonchev–Trinajstić information content (AvgIpc) is 2.81. The van der Waals surface area contributed by atoms with Crippen LogP contribution in [0.4, 0.5) is 0 Å². The van der Waals surface area contributed by atoms with Crippen molar-refractivity contribution in [1.29, 1.82) is 0 Å². The Morgan fingerprint density at radius 1 is 1.36 bits per heavy atom. The minimum absolute atomic E-state index is 0.0462. The Bertz CT molecular complexity index is 686. The highest BCUT2D eigenvalue weighted by atomic mass is 16.5. The number of nitrogens with zero attached hydrogens (tertiary/aromatic N) is 1. The molecule has 116 valence electrons. The van der Waals surface area contributed by atoms with E-state index in [2.05, 4.69) is 6.58 Å². The maximum atomic E-state index is 12.4. The molecule has 2 rings (SSSR count). The average molecular weight is 299 g/mol. The fourth-order valence-corrected chi connectivity index (χ4v) is 2.49. The largest absolute Gasteiger partial charge is 0.485 e. The summed E-state index contributed by atoms with van der Waals surface area (Å²) in [5, 5.41) is 9.27. The Kier molecular flexibility index (Phi) is 5.17. The number of benzene rings is 1. The van der Waals surface area contributed by atoms with Gasteiger partial charge in [-0.2, -0.15) is 0 Å². The Balaban J connectivity index is 2.13. The summed E-state index contributed by atoms with van der Waals surface area (Å²) in [6.45, 7) is 8.14. The van der Waals surface area contributed by atoms with E-state index in [1.54, 1.807) is 12.1 Å². The molecule has 0 amide bonds. The lowest BCUT2D eigenvalue weighted by atomic mass is 10.1. The Labute approximate surface area is 130 Å². The van der Waals surface area contributed by atoms with Gasteiger partial charge in [0, 0.05) is 29.1 Å². The van der Waals surface area contributed by atoms with Crippen molar-refractivity contribution in [1.82, 2.24) is 4.57 Å². The van der Waals surface area contributed by atoms with E-state index < -0.39 is 0 Å². The number of carbonyl (C=O) groups excluding carboxylic acids is 1. The van der Waals surface area contributed by atoms with E-state index in [0.29, 0.717) is 23.4 Å². The van der Waals surface area contributed by atoms with Crippen molar-refractivity contribution in [3.63, 3.8) is 0 Å². The second kappa shape index (κ2) is 7.09. The second-order valence-corrected chi connectivity index (χ2v) is 5.16. The molecule has 1 aromatic heterocycles. The number of allylic oxidation sites excluding steroid dienone is 1. The predicted molar refractivity (Wildman–Crippen MR) is 86.3 cm³/mol. The van der Waals surface area contributed by atoms with Gasteiger partial charge in [-0.25, -0.2) is 0 Å². The molecule has 0 aliphatic rings. The lowest BCUT2D eigenvalue weighted by Gasteiger charge is -2.09. The van der Waals surface area contributed by atoms with Gasteiger partial charge in [-0.15, -0.1) is 6.58 Å². The quantitative estimate of drug-likeness (QED) is 0.631. The van der Waals surface area contributed by atoms with Crippen molar-refractivity contribution in [2.45, 2.75) is 27.0 Å². The molecule has 0 spiro atoms. The van der Waals surface area contributed by atoms with Crippen molar-refractivity contribution in [3.05, 3.63) is 65.5 Å². The fraction of sp³-hybridized carbons (Fsp3) is 0.278. The molecule has 0 atom stereocenters. The number of aliphatic hydroxyl groups is 1. The van der Waals surface area contributed by atoms with Crippen LogP contribution in [0.15, 0.2) is 43.0 Å². The topological polar surface area (TPSA) is 51.5 Å². The van der Waals surface area contributed by atoms with Crippen LogP contribution in [0.2, 0.25) is 0 Å². The van der Waals surface area contributed by atoms with Crippen LogP contribution in [0.1, 0.15) is 27.3 Å². The highest BCUT2D eigenvalue weighted by Gasteiger charge is 2.16. The molecule has 4 nitrogen and oxygen atoms in total. The lowest BCUT2D eigenvalue weighted by Crippen LogP contribution is -2.13. The summed E-state index contributed by atoms with van der Waals surface area (Å²) < 4.78 is 7.61. The van der Waals surface area contributed by atoms with Crippen LogP contribution in [-0.4, -0.2) is 22.1 Å². The maximum absolute atomic E-state index is 12.4. The molecule has 0 aliphatic heterocycles. The van der Waals surface area contributed by atoms with Crippen LogP contribution in [-0.2, 0) is 13.2 Å². The van der Waals surface area contributed by atoms with E-state index in [4.69, 9.17) is 4.74 Å². The van der Waals surface area contributed by atoms with Gasteiger partial charge in [-0.3, -0.25) is 4.79 Å². The summed E-state index contributed by atoms with van der Waals surface area (Å²) in [5.41, 5.74) is 3.28. The number of aliphatic hydroxyl groups excluding tert-OH is 1. The number of carbonyl (C=O) groups is 1. The minimum Gasteiger partial charge on any atom is -0.485 e. The molecule has 22 heavy (non-hydrogen) atoms. The SMILES string of the molecule is C=CCn1c(C)cc(C(=O)COc2ccccc2CO)c1C. The molecule has 0 unspecified atom stereocenters. The summed E-state index contributed by atoms with van der Waals surface area (Å²) >= 11 is 0. The molecule has 0 saturated heterocycles. The van der Waals surface area contributed by atoms with Crippen LogP contribution in [0.5, 0.6) is 5.75 Å². The molecule has 0 saturated carbocycles. The Hall–Kier alpha value is -2.33. The first-order chi connectivity index (χ1) is 10.6. The normalized spacial score (nSPS) is 10.5. The van der Waals surface area contributed by atoms with E-state index in [1.165, 1.54) is 0 Å². The monoisotopic (exact) mass is 299 g/mol. The summed E-state index contributed by atoms with van der Waals surface area (Å²) in [6.07, 6.45) is 1.81. The van der Waals surface area contributed by atoms with Crippen molar-refractivity contribution >= 4 is 5.78 Å². The van der Waals surface area contributed by atoms with Gasteiger partial charge >= 0.3 is 0 Å². The van der Waals surface area contributed by atoms with Gasteiger partial charge in [-0.05, 0) is 26.0 Å². The van der Waals surface area contributed by atoms with Gasteiger partial charge in [0.1, 0.15) is 5.75 Å². The molecule has 4 heteroatoms. The van der Waals surface area contributed by atoms with Gasteiger partial charge < -0.3 is 14.4 Å². The van der Waals surface area contributed by atoms with E-state index in [0.717, 1.165) is 11.4 Å². The number of Topliss-reactive ketones (excluding diaryl/α,β-unsaturated/α-hetero) is 1. The number of hydrogen-bond acceptors (Lipinski definition) is 3. The zero-order valence-electron chi connectivity index (χ0n) is 13.0. The third-order valence-corrected chi connectivity index (χ3v) is 3.69. The molecule has 0 fully saturated rings. The number of ether oxygens (including phenoxy) is 1. The van der Waals surface area contributed by atoms with Crippen LogP contribution < -0.4 is 4.74 Å². The van der Waals surface area contributed by atoms with Gasteiger partial charge in [0.15, 0.2) is 6.61 Å². The van der Waals surface area contributed by atoms with Crippen molar-refractivity contribution in [2.24, 2.45) is 0 Å². The molecule has 2 aromatic rings. The molecular formula is C18H21NO3. The predicted octanol–water partition coefficient (Wildman–Crippen LogP) is 3.04. The summed E-state index contributed by atoms with van der Waals surface area (Å²) in [7, 11) is 0. The number of rotatable bonds is 7. The third-order valence-electron chi connectivity index (χ3n) is 3.69. The molecule has 1 heterocycles. The first-order valence-corrected chi connectivity index (χ1v) is 7.20. The molecule has 0 bridgehead atoms. The van der Waals surface area contributed by atoms with Crippen LogP contribution >= 0.6 is 0 Å². The number of aromatic nitrogens is 1. The van der Waals surface area contributed by atoms with Crippen molar-refractivity contribution in [3.8, 4) is 5.75 Å². The zero-order valence-corrected chi connectivity index (χ0v) is 13.0. The summed E-state index contributed by atoms with van der Waals surface area (Å²) in [4.78, 5) is 12.4. The molecule has 1 N–H and O–H groups in total. The van der Waals surface area contributed by atoms with E-state index in [9.17, 15) is 9.90 Å². The lowest BCUT2D eigenvalue weighted by molar-refractivity contribution is 0.0918. The highest BCUT2D eigenvalue weighted by Crippen LogP contribution is 2.20. The Morgan fingerprint density at radius 3 is 2.77 bits per heavy atom. The summed E-state index contributed by atoms with van der Waals surface area (Å²) in [6, 6.07) is 9.04. The van der Waals surface area contributed by atoms with Gasteiger partial charge in [0.25, 0.3) is 0 Å². The smallest absolute Gasteiger partial charge is 0.202 e. The number of ketones is 1. The first kappa shape index (κ1) is 16.0. The minimum atomic E-state index is -0.113. The molecular weight excluding hydrogens is 278 g/mol. The number of hydrogen-bond donors (Lipinski definition) is 1. The third kappa shape index (κ3) is 3.28. The van der Waals surface area contributed by atoms with E-state index in [1.807, 2.05) is 42.7 Å². The van der Waals surface area contributed by atoms with Gasteiger partial charge in [-0.1, -0.05) is 24.3 Å². The van der Waals surface area contributed by atoms with Crippen molar-refractivity contribution in [2.75, 3.05) is 6.61 Å². The zero-order chi connectivity index (χ0) is 16.1. The molecule has 0 aliphatic carbocycles.